The van der Waals surface area contributed by atoms with Crippen molar-refractivity contribution < 1.29 is 32.6 Å². The van der Waals surface area contributed by atoms with Gasteiger partial charge in [-0.3, -0.25) is 4.79 Å². The molecule has 0 radical (unpaired) electrons. The molecular formula is C24H25ClF3NO4. The number of ether oxygens (including phenoxy) is 1. The van der Waals surface area contributed by atoms with Gasteiger partial charge in [0.1, 0.15) is 11.3 Å². The Hall–Kier alpha value is -2.74. The van der Waals surface area contributed by atoms with Crippen LogP contribution in [0.3, 0.4) is 0 Å². The van der Waals surface area contributed by atoms with Gasteiger partial charge in [-0.25, -0.2) is 4.79 Å². The molecule has 0 spiro atoms. The monoisotopic (exact) mass is 483 g/mol. The van der Waals surface area contributed by atoms with E-state index in [9.17, 15) is 27.9 Å². The Bertz CT molecular complexity index is 1050. The Morgan fingerprint density at radius 2 is 1.85 bits per heavy atom. The lowest BCUT2D eigenvalue weighted by molar-refractivity contribution is -0.146. The number of carbonyl (C=O) groups is 2. The minimum absolute atomic E-state index is 0.0665. The maximum absolute atomic E-state index is 13.7. The van der Waals surface area contributed by atoms with Crippen molar-refractivity contribution in [1.29, 1.82) is 0 Å². The predicted molar refractivity (Wildman–Crippen MR) is 119 cm³/mol. The lowest BCUT2D eigenvalue weighted by Crippen LogP contribution is -2.56. The van der Waals surface area contributed by atoms with E-state index in [1.165, 1.54) is 25.3 Å². The Morgan fingerprint density at radius 1 is 1.18 bits per heavy atom. The molecule has 1 amide bonds. The minimum atomic E-state index is -4.67. The molecule has 9 heteroatoms. The van der Waals surface area contributed by atoms with E-state index in [1.807, 2.05) is 6.92 Å². The summed E-state index contributed by atoms with van der Waals surface area (Å²) in [5.41, 5.74) is -2.52. The van der Waals surface area contributed by atoms with Crippen molar-refractivity contribution in [3.8, 4) is 16.9 Å². The molecule has 1 aliphatic carbocycles. The van der Waals surface area contributed by atoms with Crippen molar-refractivity contribution >= 4 is 23.5 Å². The third kappa shape index (κ3) is 5.27. The molecule has 0 aliphatic heterocycles. The molecule has 1 saturated carbocycles. The van der Waals surface area contributed by atoms with E-state index in [-0.39, 0.29) is 34.6 Å². The van der Waals surface area contributed by atoms with Crippen LogP contribution in [0.4, 0.5) is 13.2 Å². The second kappa shape index (κ2) is 9.63. The summed E-state index contributed by atoms with van der Waals surface area (Å²) in [4.78, 5) is 25.0. The number of halogens is 4. The lowest BCUT2D eigenvalue weighted by Gasteiger charge is -2.37. The number of hydrogen-bond acceptors (Lipinski definition) is 3. The highest BCUT2D eigenvalue weighted by atomic mass is 35.5. The lowest BCUT2D eigenvalue weighted by atomic mass is 9.75. The molecule has 5 nitrogen and oxygen atoms in total. The van der Waals surface area contributed by atoms with Crippen LogP contribution in [0.1, 0.15) is 54.9 Å². The number of methoxy groups -OCH3 is 1. The van der Waals surface area contributed by atoms with Gasteiger partial charge in [0.25, 0.3) is 5.91 Å². The summed E-state index contributed by atoms with van der Waals surface area (Å²) in [5, 5.41) is 12.5. The third-order valence-corrected chi connectivity index (χ3v) is 6.64. The van der Waals surface area contributed by atoms with Crippen molar-refractivity contribution in [3.63, 3.8) is 0 Å². The van der Waals surface area contributed by atoms with Crippen LogP contribution in [0, 0.1) is 5.92 Å². The first-order valence-corrected chi connectivity index (χ1v) is 11.0. The van der Waals surface area contributed by atoms with Crippen molar-refractivity contribution in [2.45, 2.75) is 50.7 Å². The van der Waals surface area contributed by atoms with Gasteiger partial charge in [0.05, 0.1) is 17.7 Å². The number of aliphatic carboxylic acids is 1. The SMILES string of the molecule is CC[C@H]1CC[C@](NC(=O)c2ccc(C(F)(F)F)c(-c3ccc(OC)c(Cl)c3)c2)(C(=O)O)CC1. The summed E-state index contributed by atoms with van der Waals surface area (Å²) in [6, 6.07) is 7.18. The summed E-state index contributed by atoms with van der Waals surface area (Å²) >= 11 is 6.10. The molecule has 0 bridgehead atoms. The summed E-state index contributed by atoms with van der Waals surface area (Å²) < 4.78 is 46.1. The van der Waals surface area contributed by atoms with Crippen molar-refractivity contribution in [2.24, 2.45) is 5.92 Å². The van der Waals surface area contributed by atoms with Gasteiger partial charge >= 0.3 is 12.1 Å². The number of hydrogen-bond donors (Lipinski definition) is 2. The van der Waals surface area contributed by atoms with Gasteiger partial charge < -0.3 is 15.2 Å². The predicted octanol–water partition coefficient (Wildman–Crippen LogP) is 6.19. The van der Waals surface area contributed by atoms with E-state index in [1.54, 1.807) is 0 Å². The van der Waals surface area contributed by atoms with E-state index in [0.29, 0.717) is 24.5 Å². The number of carbonyl (C=O) groups excluding carboxylic acids is 1. The highest BCUT2D eigenvalue weighted by molar-refractivity contribution is 6.32. The maximum atomic E-state index is 13.7. The zero-order valence-electron chi connectivity index (χ0n) is 18.3. The van der Waals surface area contributed by atoms with Crippen LogP contribution in [0.15, 0.2) is 36.4 Å². The zero-order valence-corrected chi connectivity index (χ0v) is 19.0. The van der Waals surface area contributed by atoms with E-state index in [0.717, 1.165) is 24.6 Å². The molecular weight excluding hydrogens is 459 g/mol. The number of alkyl halides is 3. The van der Waals surface area contributed by atoms with Gasteiger partial charge in [-0.2, -0.15) is 13.2 Å². The summed E-state index contributed by atoms with van der Waals surface area (Å²) in [7, 11) is 1.39. The number of rotatable bonds is 6. The van der Waals surface area contributed by atoms with E-state index < -0.39 is 29.2 Å². The first-order chi connectivity index (χ1) is 15.5. The molecule has 2 aromatic carbocycles. The minimum Gasteiger partial charge on any atom is -0.495 e. The fourth-order valence-corrected chi connectivity index (χ4v) is 4.52. The molecule has 0 atom stereocenters. The highest BCUT2D eigenvalue weighted by Gasteiger charge is 2.43. The first kappa shape index (κ1) is 24.9. The van der Waals surface area contributed by atoms with Crippen molar-refractivity contribution in [2.75, 3.05) is 7.11 Å². The van der Waals surface area contributed by atoms with Crippen LogP contribution in [0.5, 0.6) is 5.75 Å². The number of carboxylic acids is 1. The van der Waals surface area contributed by atoms with Gasteiger partial charge in [-0.15, -0.1) is 0 Å². The first-order valence-electron chi connectivity index (χ1n) is 10.6. The smallest absolute Gasteiger partial charge is 0.417 e. The molecule has 2 N–H and O–H groups in total. The average molecular weight is 484 g/mol. The quantitative estimate of drug-likeness (QED) is 0.514. The molecule has 2 aromatic rings. The van der Waals surface area contributed by atoms with Crippen LogP contribution in [-0.2, 0) is 11.0 Å². The normalized spacial score (nSPS) is 20.8. The van der Waals surface area contributed by atoms with Crippen molar-refractivity contribution in [3.05, 3.63) is 52.5 Å². The summed E-state index contributed by atoms with van der Waals surface area (Å²) in [6.07, 6.45) is -1.88. The Kier molecular flexibility index (Phi) is 7.26. The molecule has 0 aromatic heterocycles. The number of amides is 1. The molecule has 1 fully saturated rings. The molecule has 33 heavy (non-hydrogen) atoms. The van der Waals surface area contributed by atoms with Gasteiger partial charge in [-0.05, 0) is 73.1 Å². The second-order valence-corrected chi connectivity index (χ2v) is 8.71. The van der Waals surface area contributed by atoms with E-state index in [4.69, 9.17) is 16.3 Å². The summed E-state index contributed by atoms with van der Waals surface area (Å²) in [6.45, 7) is 2.03. The van der Waals surface area contributed by atoms with E-state index >= 15 is 0 Å². The Morgan fingerprint density at radius 3 is 2.36 bits per heavy atom. The Labute approximate surface area is 194 Å². The highest BCUT2D eigenvalue weighted by Crippen LogP contribution is 2.40. The van der Waals surface area contributed by atoms with Gasteiger partial charge in [-0.1, -0.05) is 31.0 Å². The van der Waals surface area contributed by atoms with Crippen molar-refractivity contribution in [1.82, 2.24) is 5.32 Å². The third-order valence-electron chi connectivity index (χ3n) is 6.35. The fourth-order valence-electron chi connectivity index (χ4n) is 4.27. The molecule has 0 saturated heterocycles. The molecule has 178 valence electrons. The number of carboxylic acid groups (broad SMARTS) is 1. The van der Waals surface area contributed by atoms with Gasteiger partial charge in [0.2, 0.25) is 0 Å². The molecule has 0 heterocycles. The van der Waals surface area contributed by atoms with Crippen LogP contribution in [0.25, 0.3) is 11.1 Å². The van der Waals surface area contributed by atoms with E-state index in [2.05, 4.69) is 5.32 Å². The molecule has 0 unspecified atom stereocenters. The van der Waals surface area contributed by atoms with Gasteiger partial charge in [0.15, 0.2) is 0 Å². The molecule has 3 rings (SSSR count). The topological polar surface area (TPSA) is 75.6 Å². The van der Waals surface area contributed by atoms with Crippen LogP contribution >= 0.6 is 11.6 Å². The largest absolute Gasteiger partial charge is 0.495 e. The summed E-state index contributed by atoms with van der Waals surface area (Å²) in [5.74, 6) is -1.18. The molecule has 1 aliphatic rings. The van der Waals surface area contributed by atoms with Gasteiger partial charge in [0, 0.05) is 5.56 Å². The zero-order chi connectivity index (χ0) is 24.4. The van der Waals surface area contributed by atoms with Crippen LogP contribution in [0.2, 0.25) is 5.02 Å². The van der Waals surface area contributed by atoms with Crippen LogP contribution in [-0.4, -0.2) is 29.6 Å². The fraction of sp³-hybridized carbons (Fsp3) is 0.417. The Balaban J connectivity index is 1.98. The van der Waals surface area contributed by atoms with Crippen LogP contribution < -0.4 is 10.1 Å². The maximum Gasteiger partial charge on any atom is 0.417 e. The average Bonchev–Trinajstić information content (AvgIpc) is 2.78. The number of nitrogens with one attached hydrogen (secondary N) is 1. The second-order valence-electron chi connectivity index (χ2n) is 8.30. The standard InChI is InChI=1S/C24H25ClF3NO4/c1-3-14-8-10-23(11-9-14,22(31)32)29-21(30)16-4-6-18(24(26,27)28)17(12-16)15-5-7-20(33-2)19(25)13-15/h4-7,12-14H,3,8-11H2,1-2H3,(H,29,30)(H,31,32)/t14-,23+. The number of benzene rings is 2.